The first kappa shape index (κ1) is 21.4. The fraction of sp³-hybridized carbons (Fsp3) is 0.231. The summed E-state index contributed by atoms with van der Waals surface area (Å²) in [7, 11) is 1.60. The van der Waals surface area contributed by atoms with Crippen LogP contribution in [0.4, 0.5) is 0 Å². The van der Waals surface area contributed by atoms with E-state index in [-0.39, 0.29) is 11.8 Å². The average Bonchev–Trinajstić information content (AvgIpc) is 2.88. The lowest BCUT2D eigenvalue weighted by molar-refractivity contribution is 0.0535. The maximum absolute atomic E-state index is 12.9. The van der Waals surface area contributed by atoms with E-state index in [1.807, 2.05) is 54.6 Å². The van der Waals surface area contributed by atoms with E-state index in [4.69, 9.17) is 9.47 Å². The number of piperazine rings is 1. The Morgan fingerprint density at radius 3 is 1.69 bits per heavy atom. The molecule has 2 amide bonds. The van der Waals surface area contributed by atoms with Gasteiger partial charge in [0.25, 0.3) is 11.8 Å². The van der Waals surface area contributed by atoms with Crippen molar-refractivity contribution in [2.24, 2.45) is 0 Å². The predicted octanol–water partition coefficient (Wildman–Crippen LogP) is 3.87. The van der Waals surface area contributed by atoms with Gasteiger partial charge in [0, 0.05) is 37.3 Å². The molecule has 0 aliphatic carbocycles. The van der Waals surface area contributed by atoms with Gasteiger partial charge in [-0.1, -0.05) is 30.3 Å². The van der Waals surface area contributed by atoms with E-state index in [0.717, 1.165) is 17.1 Å². The van der Waals surface area contributed by atoms with Crippen molar-refractivity contribution in [2.45, 2.75) is 6.61 Å². The van der Waals surface area contributed by atoms with Crippen LogP contribution in [0.2, 0.25) is 0 Å². The summed E-state index contributed by atoms with van der Waals surface area (Å²) in [6.45, 7) is 2.50. The monoisotopic (exact) mass is 430 g/mol. The quantitative estimate of drug-likeness (QED) is 0.596. The summed E-state index contributed by atoms with van der Waals surface area (Å²) in [4.78, 5) is 29.2. The normalized spacial score (nSPS) is 13.5. The lowest BCUT2D eigenvalue weighted by Gasteiger charge is -2.35. The molecule has 1 heterocycles. The van der Waals surface area contributed by atoms with Crippen LogP contribution in [0.25, 0.3) is 0 Å². The molecule has 0 N–H and O–H groups in total. The van der Waals surface area contributed by atoms with Crippen LogP contribution in [-0.2, 0) is 6.61 Å². The van der Waals surface area contributed by atoms with Gasteiger partial charge >= 0.3 is 0 Å². The van der Waals surface area contributed by atoms with Crippen molar-refractivity contribution in [2.75, 3.05) is 33.3 Å². The number of rotatable bonds is 6. The minimum atomic E-state index is -0.0254. The summed E-state index contributed by atoms with van der Waals surface area (Å²) in [6.07, 6.45) is 0. The molecule has 6 nitrogen and oxygen atoms in total. The van der Waals surface area contributed by atoms with E-state index in [1.54, 1.807) is 41.2 Å². The molecule has 0 saturated carbocycles. The molecule has 4 rings (SSSR count). The Labute approximate surface area is 188 Å². The summed E-state index contributed by atoms with van der Waals surface area (Å²) >= 11 is 0. The summed E-state index contributed by atoms with van der Waals surface area (Å²) in [6, 6.07) is 24.2. The number of carbonyl (C=O) groups is 2. The van der Waals surface area contributed by atoms with Gasteiger partial charge in [-0.25, -0.2) is 0 Å². The molecule has 0 spiro atoms. The van der Waals surface area contributed by atoms with Crippen LogP contribution < -0.4 is 9.47 Å². The number of hydrogen-bond acceptors (Lipinski definition) is 4. The number of carbonyl (C=O) groups excluding carboxylic acids is 2. The predicted molar refractivity (Wildman–Crippen MR) is 122 cm³/mol. The van der Waals surface area contributed by atoms with Crippen molar-refractivity contribution in [1.29, 1.82) is 0 Å². The standard InChI is InChI=1S/C26H26N2O4/c1-31-23-13-11-22(12-14-23)26(30)28-17-15-27(16-18-28)25(29)21-9-7-20(8-10-21)19-32-24-5-3-2-4-6-24/h2-14H,15-19H2,1H3. The maximum Gasteiger partial charge on any atom is 0.253 e. The van der Waals surface area contributed by atoms with Crippen molar-refractivity contribution in [3.8, 4) is 11.5 Å². The van der Waals surface area contributed by atoms with Gasteiger partial charge in [-0.05, 0) is 54.1 Å². The number of benzene rings is 3. The number of amides is 2. The summed E-state index contributed by atoms with van der Waals surface area (Å²) in [5, 5.41) is 0. The second kappa shape index (κ2) is 10.0. The third-order valence-electron chi connectivity index (χ3n) is 5.54. The highest BCUT2D eigenvalue weighted by atomic mass is 16.5. The number of para-hydroxylation sites is 1. The van der Waals surface area contributed by atoms with Crippen LogP contribution in [0.1, 0.15) is 26.3 Å². The van der Waals surface area contributed by atoms with Crippen molar-refractivity contribution in [1.82, 2.24) is 9.80 Å². The number of hydrogen-bond donors (Lipinski definition) is 0. The molecule has 164 valence electrons. The molecular weight excluding hydrogens is 404 g/mol. The zero-order chi connectivity index (χ0) is 22.3. The highest BCUT2D eigenvalue weighted by molar-refractivity contribution is 5.96. The summed E-state index contributed by atoms with van der Waals surface area (Å²) < 4.78 is 10.9. The van der Waals surface area contributed by atoms with Crippen molar-refractivity contribution in [3.63, 3.8) is 0 Å². The zero-order valence-corrected chi connectivity index (χ0v) is 18.1. The van der Waals surface area contributed by atoms with Crippen molar-refractivity contribution in [3.05, 3.63) is 95.6 Å². The van der Waals surface area contributed by atoms with Crippen LogP contribution >= 0.6 is 0 Å². The Kier molecular flexibility index (Phi) is 6.70. The molecule has 6 heteroatoms. The Hall–Kier alpha value is -3.80. The molecule has 3 aromatic rings. The van der Waals surface area contributed by atoms with Crippen molar-refractivity contribution >= 4 is 11.8 Å². The van der Waals surface area contributed by atoms with Crippen molar-refractivity contribution < 1.29 is 19.1 Å². The Bertz CT molecular complexity index is 1040. The van der Waals surface area contributed by atoms with Crippen LogP contribution in [0.3, 0.4) is 0 Å². The second-order valence-electron chi connectivity index (χ2n) is 7.61. The SMILES string of the molecule is COc1ccc(C(=O)N2CCN(C(=O)c3ccc(COc4ccccc4)cc3)CC2)cc1. The van der Waals surface area contributed by atoms with E-state index < -0.39 is 0 Å². The molecule has 0 unspecified atom stereocenters. The van der Waals surface area contributed by atoms with Gasteiger partial charge in [0.1, 0.15) is 18.1 Å². The van der Waals surface area contributed by atoms with Gasteiger partial charge in [-0.3, -0.25) is 9.59 Å². The smallest absolute Gasteiger partial charge is 0.253 e. The first-order valence-electron chi connectivity index (χ1n) is 10.6. The van der Waals surface area contributed by atoms with E-state index in [1.165, 1.54) is 0 Å². The Morgan fingerprint density at radius 2 is 1.19 bits per heavy atom. The highest BCUT2D eigenvalue weighted by Gasteiger charge is 2.25. The third-order valence-corrected chi connectivity index (χ3v) is 5.54. The number of ether oxygens (including phenoxy) is 2. The maximum atomic E-state index is 12.9. The fourth-order valence-corrected chi connectivity index (χ4v) is 3.64. The van der Waals surface area contributed by atoms with Crippen LogP contribution in [0.15, 0.2) is 78.9 Å². The number of nitrogens with zero attached hydrogens (tertiary/aromatic N) is 2. The average molecular weight is 431 g/mol. The molecule has 3 aromatic carbocycles. The first-order valence-corrected chi connectivity index (χ1v) is 10.6. The topological polar surface area (TPSA) is 59.1 Å². The molecule has 32 heavy (non-hydrogen) atoms. The zero-order valence-electron chi connectivity index (χ0n) is 18.1. The second-order valence-corrected chi connectivity index (χ2v) is 7.61. The summed E-state index contributed by atoms with van der Waals surface area (Å²) in [5.74, 6) is 1.49. The first-order chi connectivity index (χ1) is 15.6. The molecule has 0 bridgehead atoms. The Morgan fingerprint density at radius 1 is 0.688 bits per heavy atom. The van der Waals surface area contributed by atoms with Crippen LogP contribution in [-0.4, -0.2) is 54.9 Å². The lowest BCUT2D eigenvalue weighted by atomic mass is 10.1. The van der Waals surface area contributed by atoms with E-state index >= 15 is 0 Å². The number of methoxy groups -OCH3 is 1. The van der Waals surface area contributed by atoms with Crippen LogP contribution in [0.5, 0.6) is 11.5 Å². The molecule has 1 saturated heterocycles. The molecular formula is C26H26N2O4. The molecule has 1 aliphatic heterocycles. The van der Waals surface area contributed by atoms with Crippen LogP contribution in [0, 0.1) is 0 Å². The molecule has 0 radical (unpaired) electrons. The van der Waals surface area contributed by atoms with Gasteiger partial charge in [-0.2, -0.15) is 0 Å². The molecule has 1 aliphatic rings. The largest absolute Gasteiger partial charge is 0.497 e. The lowest BCUT2D eigenvalue weighted by Crippen LogP contribution is -2.50. The fourth-order valence-electron chi connectivity index (χ4n) is 3.64. The Balaban J connectivity index is 1.29. The highest BCUT2D eigenvalue weighted by Crippen LogP contribution is 2.16. The van der Waals surface area contributed by atoms with E-state index in [9.17, 15) is 9.59 Å². The van der Waals surface area contributed by atoms with E-state index in [2.05, 4.69) is 0 Å². The summed E-state index contributed by atoms with van der Waals surface area (Å²) in [5.41, 5.74) is 2.27. The van der Waals surface area contributed by atoms with Gasteiger partial charge in [-0.15, -0.1) is 0 Å². The minimum absolute atomic E-state index is 0.0166. The van der Waals surface area contributed by atoms with E-state index in [0.29, 0.717) is 43.9 Å². The third kappa shape index (κ3) is 5.09. The molecule has 0 aromatic heterocycles. The molecule has 1 fully saturated rings. The minimum Gasteiger partial charge on any atom is -0.497 e. The van der Waals surface area contributed by atoms with Gasteiger partial charge in [0.05, 0.1) is 7.11 Å². The van der Waals surface area contributed by atoms with Gasteiger partial charge in [0.15, 0.2) is 0 Å². The van der Waals surface area contributed by atoms with Gasteiger partial charge < -0.3 is 19.3 Å². The van der Waals surface area contributed by atoms with Gasteiger partial charge in [0.2, 0.25) is 0 Å². The molecule has 0 atom stereocenters.